The third-order valence-corrected chi connectivity index (χ3v) is 2.05. The number of halogens is 3. The van der Waals surface area contributed by atoms with Gasteiger partial charge in [-0.1, -0.05) is 0 Å². The summed E-state index contributed by atoms with van der Waals surface area (Å²) in [6.45, 7) is -0.515. The number of carbonyl (C=O) groups is 2. The van der Waals surface area contributed by atoms with Crippen LogP contribution in [0.3, 0.4) is 0 Å². The molecular formula is C9H15F3N2O4. The molecule has 6 nitrogen and oxygen atoms in total. The fourth-order valence-corrected chi connectivity index (χ4v) is 0.884. The summed E-state index contributed by atoms with van der Waals surface area (Å²) in [4.78, 5) is 22.8. The first-order valence-electron chi connectivity index (χ1n) is 5.03. The molecule has 0 radical (unpaired) electrons. The van der Waals surface area contributed by atoms with Gasteiger partial charge in [-0.3, -0.25) is 0 Å². The summed E-state index contributed by atoms with van der Waals surface area (Å²) in [5.41, 5.74) is 0. The highest BCUT2D eigenvalue weighted by Gasteiger charge is 2.27. The molecule has 18 heavy (non-hydrogen) atoms. The van der Waals surface area contributed by atoms with Gasteiger partial charge in [0.1, 0.15) is 12.6 Å². The van der Waals surface area contributed by atoms with Crippen LogP contribution in [-0.2, 0) is 9.53 Å². The summed E-state index contributed by atoms with van der Waals surface area (Å²) in [6.07, 6.45) is -4.40. The Balaban J connectivity index is 3.81. The number of alkyl halides is 3. The maximum absolute atomic E-state index is 11.7. The van der Waals surface area contributed by atoms with Crippen molar-refractivity contribution in [2.24, 2.45) is 0 Å². The summed E-state index contributed by atoms with van der Waals surface area (Å²) >= 11 is 0. The minimum absolute atomic E-state index is 0.133. The van der Waals surface area contributed by atoms with E-state index in [0.29, 0.717) is 0 Å². The summed E-state index contributed by atoms with van der Waals surface area (Å²) in [6, 6.07) is -1.72. The van der Waals surface area contributed by atoms with Crippen LogP contribution in [0.25, 0.3) is 0 Å². The van der Waals surface area contributed by atoms with Crippen LogP contribution in [-0.4, -0.2) is 61.0 Å². The molecule has 0 heterocycles. The summed E-state index contributed by atoms with van der Waals surface area (Å²) in [5, 5.41) is 10.9. The first-order chi connectivity index (χ1) is 8.15. The molecule has 2 amide bonds. The van der Waals surface area contributed by atoms with Crippen LogP contribution in [0.1, 0.15) is 6.92 Å². The van der Waals surface area contributed by atoms with Crippen molar-refractivity contribution < 1.29 is 32.6 Å². The van der Waals surface area contributed by atoms with Gasteiger partial charge in [0.25, 0.3) is 0 Å². The number of ether oxygens (including phenoxy) is 1. The monoisotopic (exact) mass is 272 g/mol. The molecule has 2 N–H and O–H groups in total. The number of urea groups is 1. The molecule has 0 bridgehead atoms. The van der Waals surface area contributed by atoms with Crippen LogP contribution in [0, 0.1) is 0 Å². The highest BCUT2D eigenvalue weighted by atomic mass is 19.4. The molecule has 0 aliphatic heterocycles. The van der Waals surface area contributed by atoms with Crippen LogP contribution < -0.4 is 5.32 Å². The highest BCUT2D eigenvalue weighted by molar-refractivity contribution is 5.82. The Labute approximate surface area is 102 Å². The Hall–Kier alpha value is -1.51. The number of hydrogen-bond donors (Lipinski definition) is 2. The molecule has 1 unspecified atom stereocenters. The molecule has 0 aromatic heterocycles. The molecule has 0 aliphatic rings. The molecule has 0 saturated carbocycles. The van der Waals surface area contributed by atoms with Crippen molar-refractivity contribution in [2.75, 3.05) is 26.8 Å². The average Bonchev–Trinajstić information content (AvgIpc) is 2.24. The van der Waals surface area contributed by atoms with E-state index in [-0.39, 0.29) is 13.2 Å². The van der Waals surface area contributed by atoms with Crippen LogP contribution in [0.4, 0.5) is 18.0 Å². The van der Waals surface area contributed by atoms with Crippen LogP contribution >= 0.6 is 0 Å². The molecular weight excluding hydrogens is 257 g/mol. The van der Waals surface area contributed by atoms with E-state index in [9.17, 15) is 22.8 Å². The topological polar surface area (TPSA) is 78.9 Å². The lowest BCUT2D eigenvalue weighted by atomic mass is 10.3. The van der Waals surface area contributed by atoms with Gasteiger partial charge in [-0.15, -0.1) is 0 Å². The Kier molecular flexibility index (Phi) is 6.45. The van der Waals surface area contributed by atoms with Crippen LogP contribution in [0.15, 0.2) is 0 Å². The first kappa shape index (κ1) is 16.5. The molecule has 0 spiro atoms. The number of carboxylic acids is 1. The fraction of sp³-hybridized carbons (Fsp3) is 0.778. The zero-order valence-electron chi connectivity index (χ0n) is 9.95. The third kappa shape index (κ3) is 6.94. The van der Waals surface area contributed by atoms with E-state index >= 15 is 0 Å². The quantitative estimate of drug-likeness (QED) is 0.697. The maximum Gasteiger partial charge on any atom is 0.411 e. The molecule has 0 aromatic rings. The van der Waals surface area contributed by atoms with E-state index in [1.54, 1.807) is 0 Å². The van der Waals surface area contributed by atoms with Gasteiger partial charge in [0.05, 0.1) is 6.61 Å². The van der Waals surface area contributed by atoms with Crippen molar-refractivity contribution in [3.8, 4) is 0 Å². The molecule has 1 atom stereocenters. The fourth-order valence-electron chi connectivity index (χ4n) is 0.884. The number of aliphatic carboxylic acids is 1. The SMILES string of the molecule is CC(C(=O)O)N(C)C(=O)NCCOCC(F)(F)F. The molecule has 106 valence electrons. The predicted octanol–water partition coefficient (Wildman–Crippen LogP) is 0.680. The Morgan fingerprint density at radius 2 is 2.00 bits per heavy atom. The Morgan fingerprint density at radius 3 is 2.44 bits per heavy atom. The van der Waals surface area contributed by atoms with Gasteiger partial charge in [0.15, 0.2) is 0 Å². The lowest BCUT2D eigenvalue weighted by Crippen LogP contribution is -2.46. The predicted molar refractivity (Wildman–Crippen MR) is 55.1 cm³/mol. The molecule has 9 heteroatoms. The Morgan fingerprint density at radius 1 is 1.44 bits per heavy atom. The molecule has 0 fully saturated rings. The van der Waals surface area contributed by atoms with E-state index in [4.69, 9.17) is 5.11 Å². The van der Waals surface area contributed by atoms with Crippen molar-refractivity contribution in [3.05, 3.63) is 0 Å². The smallest absolute Gasteiger partial charge is 0.411 e. The van der Waals surface area contributed by atoms with E-state index < -0.39 is 30.8 Å². The van der Waals surface area contributed by atoms with Crippen molar-refractivity contribution in [3.63, 3.8) is 0 Å². The van der Waals surface area contributed by atoms with Gasteiger partial charge in [-0.2, -0.15) is 13.2 Å². The molecule has 0 aliphatic carbocycles. The highest BCUT2D eigenvalue weighted by Crippen LogP contribution is 2.13. The van der Waals surface area contributed by atoms with Gasteiger partial charge in [0.2, 0.25) is 0 Å². The number of hydrogen-bond acceptors (Lipinski definition) is 3. The zero-order valence-corrected chi connectivity index (χ0v) is 9.95. The van der Waals surface area contributed by atoms with Crippen molar-refractivity contribution in [1.82, 2.24) is 10.2 Å². The summed E-state index contributed by atoms with van der Waals surface area (Å²) in [7, 11) is 1.27. The van der Waals surface area contributed by atoms with Gasteiger partial charge in [-0.25, -0.2) is 9.59 Å². The molecule has 0 rings (SSSR count). The summed E-state index contributed by atoms with van der Waals surface area (Å²) < 4.78 is 39.3. The van der Waals surface area contributed by atoms with Gasteiger partial charge in [-0.05, 0) is 6.92 Å². The third-order valence-electron chi connectivity index (χ3n) is 2.05. The standard InChI is InChI=1S/C9H15F3N2O4/c1-6(7(15)16)14(2)8(17)13-3-4-18-5-9(10,11)12/h6H,3-5H2,1-2H3,(H,13,17)(H,15,16). The molecule has 0 aromatic carbocycles. The Bertz CT molecular complexity index is 296. The van der Waals surface area contributed by atoms with Gasteiger partial charge in [0, 0.05) is 13.6 Å². The zero-order chi connectivity index (χ0) is 14.3. The normalized spacial score (nSPS) is 12.9. The second-order valence-corrected chi connectivity index (χ2v) is 3.52. The molecule has 0 saturated heterocycles. The van der Waals surface area contributed by atoms with Crippen molar-refractivity contribution in [1.29, 1.82) is 0 Å². The minimum Gasteiger partial charge on any atom is -0.480 e. The average molecular weight is 272 g/mol. The largest absolute Gasteiger partial charge is 0.480 e. The van der Waals surface area contributed by atoms with Gasteiger partial charge >= 0.3 is 18.2 Å². The van der Waals surface area contributed by atoms with E-state index in [1.807, 2.05) is 0 Å². The number of nitrogens with one attached hydrogen (secondary N) is 1. The van der Waals surface area contributed by atoms with E-state index in [1.165, 1.54) is 14.0 Å². The summed E-state index contributed by atoms with van der Waals surface area (Å²) in [5.74, 6) is -1.18. The number of amides is 2. The number of likely N-dealkylation sites (N-methyl/N-ethyl adjacent to an activating group) is 1. The first-order valence-corrected chi connectivity index (χ1v) is 5.03. The lowest BCUT2D eigenvalue weighted by molar-refractivity contribution is -0.173. The number of nitrogens with zero attached hydrogens (tertiary/aromatic N) is 1. The van der Waals surface area contributed by atoms with Crippen molar-refractivity contribution in [2.45, 2.75) is 19.1 Å². The second kappa shape index (κ2) is 7.04. The van der Waals surface area contributed by atoms with Crippen molar-refractivity contribution >= 4 is 12.0 Å². The minimum atomic E-state index is -4.40. The van der Waals surface area contributed by atoms with Crippen LogP contribution in [0.2, 0.25) is 0 Å². The number of carboxylic acid groups (broad SMARTS) is 1. The maximum atomic E-state index is 11.7. The van der Waals surface area contributed by atoms with E-state index in [2.05, 4.69) is 10.1 Å². The van der Waals surface area contributed by atoms with Gasteiger partial charge < -0.3 is 20.1 Å². The second-order valence-electron chi connectivity index (χ2n) is 3.52. The number of carbonyl (C=O) groups excluding carboxylic acids is 1. The number of rotatable bonds is 6. The van der Waals surface area contributed by atoms with E-state index in [0.717, 1.165) is 4.90 Å². The van der Waals surface area contributed by atoms with Crippen LogP contribution in [0.5, 0.6) is 0 Å². The lowest BCUT2D eigenvalue weighted by Gasteiger charge is -2.21.